The molecule has 4 heteroatoms. The molecule has 0 aliphatic rings. The van der Waals surface area contributed by atoms with Gasteiger partial charge in [-0.1, -0.05) is 59.7 Å². The molecule has 1 atom stereocenters. The lowest BCUT2D eigenvalue weighted by atomic mass is 9.98. The van der Waals surface area contributed by atoms with Gasteiger partial charge < -0.3 is 9.64 Å². The number of rotatable bonds is 8. The van der Waals surface area contributed by atoms with Gasteiger partial charge in [0.2, 0.25) is 5.78 Å². The van der Waals surface area contributed by atoms with Crippen molar-refractivity contribution in [2.75, 3.05) is 18.0 Å². The lowest BCUT2D eigenvalue weighted by Gasteiger charge is -2.21. The van der Waals surface area contributed by atoms with Gasteiger partial charge >= 0.3 is 5.97 Å². The van der Waals surface area contributed by atoms with Gasteiger partial charge in [0.25, 0.3) is 0 Å². The average Bonchev–Trinajstić information content (AvgIpc) is 2.79. The first-order chi connectivity index (χ1) is 14.9. The Morgan fingerprint density at radius 1 is 0.742 bits per heavy atom. The highest BCUT2D eigenvalue weighted by Crippen LogP contribution is 2.25. The normalized spacial score (nSPS) is 11.6. The van der Waals surface area contributed by atoms with Gasteiger partial charge in [-0.2, -0.15) is 0 Å². The van der Waals surface area contributed by atoms with Crippen molar-refractivity contribution in [3.8, 4) is 0 Å². The van der Waals surface area contributed by atoms with Gasteiger partial charge in [-0.15, -0.1) is 0 Å². The second kappa shape index (κ2) is 10.1. The smallest absolute Gasteiger partial charge is 0.339 e. The number of carbonyl (C=O) groups is 2. The fourth-order valence-electron chi connectivity index (χ4n) is 3.46. The number of aryl methyl sites for hydroxylation is 2. The molecule has 31 heavy (non-hydrogen) atoms. The van der Waals surface area contributed by atoms with Crippen LogP contribution >= 0.6 is 0 Å². The van der Waals surface area contributed by atoms with Crippen molar-refractivity contribution in [2.24, 2.45) is 0 Å². The van der Waals surface area contributed by atoms with Crippen LogP contribution in [0.15, 0.2) is 72.8 Å². The highest BCUT2D eigenvalue weighted by atomic mass is 16.5. The minimum Gasteiger partial charge on any atom is -0.445 e. The van der Waals surface area contributed by atoms with Gasteiger partial charge in [0, 0.05) is 29.9 Å². The molecule has 160 valence electrons. The number of nitrogens with zero attached hydrogens (tertiary/aromatic N) is 1. The van der Waals surface area contributed by atoms with Crippen LogP contribution in [-0.4, -0.2) is 24.8 Å². The molecule has 0 saturated heterocycles. The van der Waals surface area contributed by atoms with E-state index < -0.39 is 12.1 Å². The second-order valence-corrected chi connectivity index (χ2v) is 7.65. The molecular weight excluding hydrogens is 386 g/mol. The number of hydrogen-bond donors (Lipinski definition) is 0. The van der Waals surface area contributed by atoms with E-state index in [0.29, 0.717) is 16.7 Å². The third kappa shape index (κ3) is 5.40. The van der Waals surface area contributed by atoms with Crippen molar-refractivity contribution >= 4 is 17.4 Å². The first-order valence-electron chi connectivity index (χ1n) is 10.7. The Bertz CT molecular complexity index is 1020. The lowest BCUT2D eigenvalue weighted by Crippen LogP contribution is -2.22. The summed E-state index contributed by atoms with van der Waals surface area (Å²) in [5.41, 5.74) is 4.78. The van der Waals surface area contributed by atoms with Crippen LogP contribution in [0, 0.1) is 13.8 Å². The molecule has 4 nitrogen and oxygen atoms in total. The van der Waals surface area contributed by atoms with E-state index in [-0.39, 0.29) is 5.78 Å². The molecule has 0 aromatic heterocycles. The van der Waals surface area contributed by atoms with Crippen LogP contribution in [0.1, 0.15) is 57.4 Å². The molecule has 0 bridgehead atoms. The summed E-state index contributed by atoms with van der Waals surface area (Å²) in [7, 11) is 0. The van der Waals surface area contributed by atoms with Gasteiger partial charge in [-0.05, 0) is 52.0 Å². The van der Waals surface area contributed by atoms with Gasteiger partial charge in [0.15, 0.2) is 6.10 Å². The van der Waals surface area contributed by atoms with E-state index in [1.54, 1.807) is 24.3 Å². The van der Waals surface area contributed by atoms with E-state index in [1.807, 2.05) is 62.4 Å². The zero-order valence-electron chi connectivity index (χ0n) is 18.6. The van der Waals surface area contributed by atoms with Gasteiger partial charge in [-0.25, -0.2) is 4.79 Å². The van der Waals surface area contributed by atoms with Crippen LogP contribution in [-0.2, 0) is 4.74 Å². The summed E-state index contributed by atoms with van der Waals surface area (Å²) in [4.78, 5) is 28.4. The molecule has 0 unspecified atom stereocenters. The summed E-state index contributed by atoms with van der Waals surface area (Å²) in [5.74, 6) is -0.755. The standard InChI is InChI=1S/C27H29NO3/c1-5-28(6-2)24-17-15-23(16-18-24)27(30)31-26(22-13-9-20(4)10-14-22)25(29)21-11-7-19(3)8-12-21/h7-18,26H,5-6H2,1-4H3/t26-/m1/s1. The van der Waals surface area contributed by atoms with Crippen LogP contribution < -0.4 is 4.90 Å². The molecule has 0 saturated carbocycles. The van der Waals surface area contributed by atoms with Crippen molar-refractivity contribution in [3.63, 3.8) is 0 Å². The minimum absolute atomic E-state index is 0.239. The Labute approximate surface area is 184 Å². The van der Waals surface area contributed by atoms with Crippen molar-refractivity contribution in [1.29, 1.82) is 0 Å². The van der Waals surface area contributed by atoms with Crippen molar-refractivity contribution in [3.05, 3.63) is 101 Å². The number of anilines is 1. The Morgan fingerprint density at radius 2 is 1.23 bits per heavy atom. The SMILES string of the molecule is CCN(CC)c1ccc(C(=O)O[C@@H](C(=O)c2ccc(C)cc2)c2ccc(C)cc2)cc1. The average molecular weight is 416 g/mol. The van der Waals surface area contributed by atoms with Crippen LogP contribution in [0.25, 0.3) is 0 Å². The summed E-state index contributed by atoms with van der Waals surface area (Å²) in [6.45, 7) is 9.91. The Kier molecular flexibility index (Phi) is 7.24. The van der Waals surface area contributed by atoms with E-state index in [4.69, 9.17) is 4.74 Å². The minimum atomic E-state index is -1.00. The first-order valence-corrected chi connectivity index (χ1v) is 10.7. The highest BCUT2D eigenvalue weighted by molar-refractivity contribution is 6.02. The fraction of sp³-hybridized carbons (Fsp3) is 0.259. The van der Waals surface area contributed by atoms with E-state index in [2.05, 4.69) is 18.7 Å². The van der Waals surface area contributed by atoms with Gasteiger partial charge in [0.05, 0.1) is 5.56 Å². The molecule has 0 fully saturated rings. The quantitative estimate of drug-likeness (QED) is 0.338. The molecule has 0 heterocycles. The maximum atomic E-state index is 13.2. The predicted molar refractivity (Wildman–Crippen MR) is 125 cm³/mol. The van der Waals surface area contributed by atoms with Gasteiger partial charge in [0.1, 0.15) is 0 Å². The molecule has 3 aromatic rings. The predicted octanol–water partition coefficient (Wildman–Crippen LogP) is 5.93. The first kappa shape index (κ1) is 22.3. The number of ether oxygens (including phenoxy) is 1. The molecule has 0 aliphatic heterocycles. The summed E-state index contributed by atoms with van der Waals surface area (Å²) >= 11 is 0. The fourth-order valence-corrected chi connectivity index (χ4v) is 3.46. The molecule has 0 amide bonds. The van der Waals surface area contributed by atoms with E-state index >= 15 is 0 Å². The van der Waals surface area contributed by atoms with E-state index in [1.165, 1.54) is 0 Å². The Balaban J connectivity index is 1.87. The summed E-state index contributed by atoms with van der Waals surface area (Å²) in [6.07, 6.45) is -1.00. The third-order valence-electron chi connectivity index (χ3n) is 5.41. The Morgan fingerprint density at radius 3 is 1.74 bits per heavy atom. The van der Waals surface area contributed by atoms with Crippen LogP contribution in [0.3, 0.4) is 0 Å². The van der Waals surface area contributed by atoms with Gasteiger partial charge in [-0.3, -0.25) is 4.79 Å². The Hall–Kier alpha value is -3.40. The number of carbonyl (C=O) groups excluding carboxylic acids is 2. The molecule has 0 N–H and O–H groups in total. The number of Topliss-reactive ketones (excluding diaryl/α,β-unsaturated/α-hetero) is 1. The molecule has 3 rings (SSSR count). The highest BCUT2D eigenvalue weighted by Gasteiger charge is 2.27. The maximum Gasteiger partial charge on any atom is 0.339 e. The van der Waals surface area contributed by atoms with Crippen molar-refractivity contribution < 1.29 is 14.3 Å². The van der Waals surface area contributed by atoms with Crippen LogP contribution in [0.4, 0.5) is 5.69 Å². The zero-order chi connectivity index (χ0) is 22.4. The maximum absolute atomic E-state index is 13.2. The van der Waals surface area contributed by atoms with Crippen LogP contribution in [0.2, 0.25) is 0 Å². The third-order valence-corrected chi connectivity index (χ3v) is 5.41. The number of ketones is 1. The van der Waals surface area contributed by atoms with Crippen molar-refractivity contribution in [2.45, 2.75) is 33.8 Å². The summed E-state index contributed by atoms with van der Waals surface area (Å²) < 4.78 is 5.76. The summed E-state index contributed by atoms with van der Waals surface area (Å²) in [6, 6.07) is 22.1. The summed E-state index contributed by atoms with van der Waals surface area (Å²) in [5, 5.41) is 0. The lowest BCUT2D eigenvalue weighted by molar-refractivity contribution is 0.0280. The van der Waals surface area contributed by atoms with Crippen LogP contribution in [0.5, 0.6) is 0 Å². The second-order valence-electron chi connectivity index (χ2n) is 7.65. The molecular formula is C27H29NO3. The van der Waals surface area contributed by atoms with E-state index in [0.717, 1.165) is 29.9 Å². The number of esters is 1. The monoisotopic (exact) mass is 415 g/mol. The molecule has 0 spiro atoms. The van der Waals surface area contributed by atoms with Crippen molar-refractivity contribution in [1.82, 2.24) is 0 Å². The topological polar surface area (TPSA) is 46.6 Å². The van der Waals surface area contributed by atoms with E-state index in [9.17, 15) is 9.59 Å². The molecule has 0 aliphatic carbocycles. The largest absolute Gasteiger partial charge is 0.445 e. The number of benzene rings is 3. The number of hydrogen-bond acceptors (Lipinski definition) is 4. The molecule has 0 radical (unpaired) electrons. The zero-order valence-corrected chi connectivity index (χ0v) is 18.6. The molecule has 3 aromatic carbocycles.